The van der Waals surface area contributed by atoms with Crippen molar-refractivity contribution in [1.82, 2.24) is 5.32 Å². The van der Waals surface area contributed by atoms with Gasteiger partial charge in [-0.1, -0.05) is 24.0 Å². The molecule has 3 nitrogen and oxygen atoms in total. The Bertz CT molecular complexity index is 320. The fourth-order valence-electron chi connectivity index (χ4n) is 1.05. The number of thiocarbonyl (C=S) groups is 1. The van der Waals surface area contributed by atoms with Crippen LogP contribution in [0.25, 0.3) is 0 Å². The normalized spacial score (nSPS) is 20.2. The lowest BCUT2D eigenvalue weighted by Crippen LogP contribution is -2.18. The molecule has 1 saturated heterocycles. The van der Waals surface area contributed by atoms with Crippen LogP contribution in [0.15, 0.2) is 10.5 Å². The van der Waals surface area contributed by atoms with Gasteiger partial charge in [0.1, 0.15) is 10.1 Å². The second-order valence-corrected chi connectivity index (χ2v) is 4.52. The van der Waals surface area contributed by atoms with E-state index in [0.29, 0.717) is 15.6 Å². The second kappa shape index (κ2) is 4.02. The number of Topliss-reactive ketones (excluding diaryl/α,β-unsaturated/α-hetero) is 1. The average Bonchev–Trinajstić information content (AvgIpc) is 2.28. The molecule has 0 saturated carbocycles. The molecular formula is C8H9NO2S2. The van der Waals surface area contributed by atoms with Gasteiger partial charge in [-0.3, -0.25) is 9.59 Å². The van der Waals surface area contributed by atoms with Crippen LogP contribution in [0.4, 0.5) is 0 Å². The molecular weight excluding hydrogens is 206 g/mol. The highest BCUT2D eigenvalue weighted by molar-refractivity contribution is 8.26. The molecule has 1 rings (SSSR count). The Kier molecular flexibility index (Phi) is 3.22. The van der Waals surface area contributed by atoms with E-state index in [0.717, 1.165) is 5.57 Å². The lowest BCUT2D eigenvalue weighted by atomic mass is 10.1. The number of carbonyl (C=O) groups is 2. The maximum absolute atomic E-state index is 11.2. The number of nitrogens with one attached hydrogen (secondary N) is 1. The predicted octanol–water partition coefficient (Wildman–Crippen LogP) is 1.39. The summed E-state index contributed by atoms with van der Waals surface area (Å²) in [4.78, 5) is 22.6. The Balaban J connectivity index is 2.85. The Morgan fingerprint density at radius 1 is 1.54 bits per heavy atom. The molecule has 70 valence electrons. The monoisotopic (exact) mass is 215 g/mol. The number of allylic oxidation sites excluding steroid dienone is 1. The fraction of sp³-hybridized carbons (Fsp3) is 0.375. The molecule has 5 heteroatoms. The van der Waals surface area contributed by atoms with Gasteiger partial charge in [0.15, 0.2) is 0 Å². The van der Waals surface area contributed by atoms with Crippen LogP contribution in [0.5, 0.6) is 0 Å². The van der Waals surface area contributed by atoms with E-state index in [9.17, 15) is 9.59 Å². The van der Waals surface area contributed by atoms with Gasteiger partial charge >= 0.3 is 0 Å². The number of thioether (sulfide) groups is 1. The molecule has 0 aromatic heterocycles. The minimum absolute atomic E-state index is 0.0521. The second-order valence-electron chi connectivity index (χ2n) is 2.83. The highest BCUT2D eigenvalue weighted by atomic mass is 32.2. The third kappa shape index (κ3) is 2.63. The van der Waals surface area contributed by atoms with E-state index in [1.54, 1.807) is 6.92 Å². The minimum atomic E-state index is -0.186. The number of amides is 1. The lowest BCUT2D eigenvalue weighted by molar-refractivity contribution is -0.116. The third-order valence-corrected chi connectivity index (χ3v) is 2.90. The summed E-state index contributed by atoms with van der Waals surface area (Å²) in [5, 5.41) is 2.51. The summed E-state index contributed by atoms with van der Waals surface area (Å²) in [6, 6.07) is 0. The number of rotatable bonds is 2. The molecule has 1 N–H and O–H groups in total. The molecule has 1 aliphatic heterocycles. The van der Waals surface area contributed by atoms with Crippen molar-refractivity contribution in [1.29, 1.82) is 0 Å². The van der Waals surface area contributed by atoms with Gasteiger partial charge in [0.05, 0.1) is 4.91 Å². The first-order valence-electron chi connectivity index (χ1n) is 3.73. The Labute approximate surface area is 86.0 Å². The minimum Gasteiger partial charge on any atom is -0.307 e. The summed E-state index contributed by atoms with van der Waals surface area (Å²) in [5.74, 6) is -0.134. The van der Waals surface area contributed by atoms with Gasteiger partial charge in [0.25, 0.3) is 5.91 Å². The zero-order valence-corrected chi connectivity index (χ0v) is 8.97. The Morgan fingerprint density at radius 2 is 2.15 bits per heavy atom. The van der Waals surface area contributed by atoms with Crippen molar-refractivity contribution >= 4 is 40.0 Å². The highest BCUT2D eigenvalue weighted by Crippen LogP contribution is 2.27. The average molecular weight is 215 g/mol. The predicted molar refractivity (Wildman–Crippen MR) is 56.3 cm³/mol. The molecule has 13 heavy (non-hydrogen) atoms. The Morgan fingerprint density at radius 3 is 2.54 bits per heavy atom. The van der Waals surface area contributed by atoms with Crippen molar-refractivity contribution in [2.24, 2.45) is 0 Å². The first-order chi connectivity index (χ1) is 6.00. The summed E-state index contributed by atoms with van der Waals surface area (Å²) < 4.78 is 0.461. The van der Waals surface area contributed by atoms with Gasteiger partial charge in [-0.25, -0.2) is 0 Å². The van der Waals surface area contributed by atoms with E-state index < -0.39 is 0 Å². The quantitative estimate of drug-likeness (QED) is 0.558. The van der Waals surface area contributed by atoms with Crippen molar-refractivity contribution < 1.29 is 9.59 Å². The topological polar surface area (TPSA) is 46.2 Å². The van der Waals surface area contributed by atoms with Crippen LogP contribution in [0, 0.1) is 0 Å². The van der Waals surface area contributed by atoms with Gasteiger partial charge in [-0.15, -0.1) is 0 Å². The molecule has 0 aromatic rings. The molecule has 1 amide bonds. The van der Waals surface area contributed by atoms with Crippen molar-refractivity contribution in [2.45, 2.75) is 20.3 Å². The zero-order chi connectivity index (χ0) is 10.0. The SMILES string of the molecule is CC(=O)CC(C)=C1SC(=S)NC1=O. The van der Waals surface area contributed by atoms with Crippen molar-refractivity contribution in [2.75, 3.05) is 0 Å². The molecule has 0 aliphatic carbocycles. The van der Waals surface area contributed by atoms with E-state index in [1.165, 1.54) is 18.7 Å². The standard InChI is InChI=1S/C8H9NO2S2/c1-4(3-5(2)10)6-7(11)9-8(12)13-6/h3H2,1-2H3,(H,9,11,12). The van der Waals surface area contributed by atoms with E-state index in [1.807, 2.05) is 0 Å². The smallest absolute Gasteiger partial charge is 0.263 e. The summed E-state index contributed by atoms with van der Waals surface area (Å²) in [6.45, 7) is 3.27. The van der Waals surface area contributed by atoms with E-state index in [-0.39, 0.29) is 11.7 Å². The van der Waals surface area contributed by atoms with E-state index in [4.69, 9.17) is 12.2 Å². The van der Waals surface area contributed by atoms with Gasteiger partial charge in [-0.05, 0) is 19.4 Å². The van der Waals surface area contributed by atoms with Gasteiger partial charge < -0.3 is 5.32 Å². The summed E-state index contributed by atoms with van der Waals surface area (Å²) in [6.07, 6.45) is 0.318. The molecule has 1 aliphatic rings. The number of carbonyl (C=O) groups excluding carboxylic acids is 2. The molecule has 0 bridgehead atoms. The molecule has 0 radical (unpaired) electrons. The lowest BCUT2D eigenvalue weighted by Gasteiger charge is -1.98. The van der Waals surface area contributed by atoms with Crippen LogP contribution >= 0.6 is 24.0 Å². The molecule has 1 heterocycles. The zero-order valence-electron chi connectivity index (χ0n) is 7.34. The maximum Gasteiger partial charge on any atom is 0.263 e. The van der Waals surface area contributed by atoms with E-state index in [2.05, 4.69) is 5.32 Å². The highest BCUT2D eigenvalue weighted by Gasteiger charge is 2.24. The number of hydrogen-bond donors (Lipinski definition) is 1. The summed E-state index contributed by atoms with van der Waals surface area (Å²) in [7, 11) is 0. The van der Waals surface area contributed by atoms with Crippen molar-refractivity contribution in [3.8, 4) is 0 Å². The van der Waals surface area contributed by atoms with Crippen molar-refractivity contribution in [3.05, 3.63) is 10.5 Å². The number of ketones is 1. The van der Waals surface area contributed by atoms with Gasteiger partial charge in [-0.2, -0.15) is 0 Å². The molecule has 0 spiro atoms. The van der Waals surface area contributed by atoms with Crippen LogP contribution in [0.2, 0.25) is 0 Å². The first kappa shape index (κ1) is 10.4. The first-order valence-corrected chi connectivity index (χ1v) is 4.95. The van der Waals surface area contributed by atoms with Crippen LogP contribution in [-0.4, -0.2) is 16.0 Å². The Hall–Kier alpha value is -0.680. The molecule has 0 aromatic carbocycles. The fourth-order valence-corrected chi connectivity index (χ4v) is 2.11. The van der Waals surface area contributed by atoms with Crippen LogP contribution in [0.3, 0.4) is 0 Å². The van der Waals surface area contributed by atoms with Gasteiger partial charge in [0, 0.05) is 6.42 Å². The molecule has 0 atom stereocenters. The van der Waals surface area contributed by atoms with Crippen molar-refractivity contribution in [3.63, 3.8) is 0 Å². The van der Waals surface area contributed by atoms with Gasteiger partial charge in [0.2, 0.25) is 0 Å². The van der Waals surface area contributed by atoms with E-state index >= 15 is 0 Å². The molecule has 1 fully saturated rings. The van der Waals surface area contributed by atoms with Crippen LogP contribution in [-0.2, 0) is 9.59 Å². The summed E-state index contributed by atoms with van der Waals surface area (Å²) >= 11 is 6.04. The third-order valence-electron chi connectivity index (χ3n) is 1.52. The van der Waals surface area contributed by atoms with Crippen LogP contribution in [0.1, 0.15) is 20.3 Å². The molecule has 0 unspecified atom stereocenters. The maximum atomic E-state index is 11.2. The van der Waals surface area contributed by atoms with Crippen LogP contribution < -0.4 is 5.32 Å². The number of hydrogen-bond acceptors (Lipinski definition) is 4. The largest absolute Gasteiger partial charge is 0.307 e. The summed E-state index contributed by atoms with van der Waals surface area (Å²) in [5.41, 5.74) is 0.787.